The summed E-state index contributed by atoms with van der Waals surface area (Å²) in [5.74, 6) is 0.694. The first-order valence-electron chi connectivity index (χ1n) is 6.85. The third-order valence-corrected chi connectivity index (χ3v) is 3.31. The summed E-state index contributed by atoms with van der Waals surface area (Å²) in [6, 6.07) is 6.11. The van der Waals surface area contributed by atoms with Gasteiger partial charge in [-0.3, -0.25) is 0 Å². The Hall–Kier alpha value is -0.810. The van der Waals surface area contributed by atoms with E-state index in [9.17, 15) is 0 Å². The Kier molecular flexibility index (Phi) is 8.62. The van der Waals surface area contributed by atoms with Crippen LogP contribution in [0.3, 0.4) is 0 Å². The molecule has 0 fully saturated rings. The van der Waals surface area contributed by atoms with E-state index >= 15 is 0 Å². The van der Waals surface area contributed by atoms with E-state index in [2.05, 4.69) is 12.2 Å². The predicted molar refractivity (Wildman–Crippen MR) is 81.7 cm³/mol. The lowest BCUT2D eigenvalue weighted by molar-refractivity contribution is 0.0806. The minimum atomic E-state index is 0.269. The lowest BCUT2D eigenvalue weighted by atomic mass is 10.1. The second-order valence-electron chi connectivity index (χ2n) is 4.51. The molecule has 0 aliphatic heterocycles. The number of methoxy groups -OCH3 is 1. The average Bonchev–Trinajstić information content (AvgIpc) is 2.46. The van der Waals surface area contributed by atoms with Crippen LogP contribution in [0.15, 0.2) is 18.2 Å². The molecule has 1 N–H and O–H groups in total. The minimum Gasteiger partial charge on any atom is -0.490 e. The van der Waals surface area contributed by atoms with E-state index in [0.717, 1.165) is 18.6 Å². The van der Waals surface area contributed by atoms with Crippen molar-refractivity contribution in [3.63, 3.8) is 0 Å². The van der Waals surface area contributed by atoms with Crippen LogP contribution >= 0.6 is 11.6 Å². The number of hydrogen-bond acceptors (Lipinski definition) is 4. The Morgan fingerprint density at radius 1 is 1.20 bits per heavy atom. The van der Waals surface area contributed by atoms with Crippen molar-refractivity contribution in [2.75, 3.05) is 40.6 Å². The van der Waals surface area contributed by atoms with E-state index in [1.54, 1.807) is 7.11 Å². The van der Waals surface area contributed by atoms with Crippen molar-refractivity contribution in [3.8, 4) is 5.75 Å². The van der Waals surface area contributed by atoms with Crippen LogP contribution < -0.4 is 10.1 Å². The van der Waals surface area contributed by atoms with Crippen molar-refractivity contribution >= 4 is 11.6 Å². The van der Waals surface area contributed by atoms with Crippen LogP contribution in [0, 0.1) is 0 Å². The van der Waals surface area contributed by atoms with Crippen LogP contribution in [0.4, 0.5) is 0 Å². The van der Waals surface area contributed by atoms with Crippen LogP contribution in [-0.2, 0) is 9.47 Å². The van der Waals surface area contributed by atoms with Gasteiger partial charge in [-0.25, -0.2) is 0 Å². The molecule has 1 unspecified atom stereocenters. The van der Waals surface area contributed by atoms with E-state index in [-0.39, 0.29) is 6.04 Å². The second-order valence-corrected chi connectivity index (χ2v) is 4.91. The monoisotopic (exact) mass is 301 g/mol. The summed E-state index contributed by atoms with van der Waals surface area (Å²) in [5.41, 5.74) is 1.14. The van der Waals surface area contributed by atoms with Gasteiger partial charge in [0.05, 0.1) is 11.6 Å². The first kappa shape index (κ1) is 17.2. The number of halogens is 1. The SMILES string of the molecule is CNC(C)c1ccc(OCCOCCCOC)c(Cl)c1. The van der Waals surface area contributed by atoms with Gasteiger partial charge in [-0.05, 0) is 38.1 Å². The van der Waals surface area contributed by atoms with Crippen LogP contribution in [0.2, 0.25) is 5.02 Å². The van der Waals surface area contributed by atoms with E-state index in [0.29, 0.717) is 30.6 Å². The van der Waals surface area contributed by atoms with Crippen LogP contribution in [0.5, 0.6) is 5.75 Å². The number of hydrogen-bond donors (Lipinski definition) is 1. The largest absolute Gasteiger partial charge is 0.490 e. The summed E-state index contributed by atoms with van der Waals surface area (Å²) in [7, 11) is 3.60. The fraction of sp³-hybridized carbons (Fsp3) is 0.600. The molecule has 0 amide bonds. The van der Waals surface area contributed by atoms with Gasteiger partial charge in [0, 0.05) is 26.4 Å². The molecule has 0 aliphatic carbocycles. The number of benzene rings is 1. The maximum atomic E-state index is 6.20. The first-order valence-corrected chi connectivity index (χ1v) is 7.23. The summed E-state index contributed by atoms with van der Waals surface area (Å²) in [5, 5.41) is 3.80. The molecule has 0 heterocycles. The number of rotatable bonds is 10. The smallest absolute Gasteiger partial charge is 0.138 e. The highest BCUT2D eigenvalue weighted by atomic mass is 35.5. The molecule has 4 nitrogen and oxygen atoms in total. The fourth-order valence-electron chi connectivity index (χ4n) is 1.69. The summed E-state index contributed by atoms with van der Waals surface area (Å²) < 4.78 is 16.0. The minimum absolute atomic E-state index is 0.269. The lowest BCUT2D eigenvalue weighted by Gasteiger charge is -2.13. The van der Waals surface area contributed by atoms with E-state index in [1.165, 1.54) is 0 Å². The summed E-state index contributed by atoms with van der Waals surface area (Å²) in [6.07, 6.45) is 0.897. The maximum absolute atomic E-state index is 6.20. The summed E-state index contributed by atoms with van der Waals surface area (Å²) >= 11 is 6.20. The highest BCUT2D eigenvalue weighted by molar-refractivity contribution is 6.32. The molecule has 1 aromatic carbocycles. The van der Waals surface area contributed by atoms with Gasteiger partial charge in [-0.2, -0.15) is 0 Å². The van der Waals surface area contributed by atoms with Gasteiger partial charge < -0.3 is 19.5 Å². The molecule has 0 radical (unpaired) electrons. The third-order valence-electron chi connectivity index (χ3n) is 3.01. The zero-order valence-corrected chi connectivity index (χ0v) is 13.2. The molecule has 0 aromatic heterocycles. The van der Waals surface area contributed by atoms with Crippen molar-refractivity contribution in [1.29, 1.82) is 0 Å². The molecule has 1 aromatic rings. The fourth-order valence-corrected chi connectivity index (χ4v) is 1.93. The van der Waals surface area contributed by atoms with E-state index in [4.69, 9.17) is 25.8 Å². The Labute approximate surface area is 126 Å². The Balaban J connectivity index is 2.30. The topological polar surface area (TPSA) is 39.7 Å². The van der Waals surface area contributed by atoms with Crippen molar-refractivity contribution in [1.82, 2.24) is 5.32 Å². The molecular weight excluding hydrogens is 278 g/mol. The van der Waals surface area contributed by atoms with Gasteiger partial charge in [-0.15, -0.1) is 0 Å². The predicted octanol–water partition coefficient (Wildman–Crippen LogP) is 3.05. The first-order chi connectivity index (χ1) is 9.69. The second kappa shape index (κ2) is 10.00. The number of nitrogens with one attached hydrogen (secondary N) is 1. The van der Waals surface area contributed by atoms with Gasteiger partial charge in [0.2, 0.25) is 0 Å². The molecule has 20 heavy (non-hydrogen) atoms. The summed E-state index contributed by atoms with van der Waals surface area (Å²) in [4.78, 5) is 0. The molecule has 0 aliphatic rings. The van der Waals surface area contributed by atoms with E-state index < -0.39 is 0 Å². The average molecular weight is 302 g/mol. The van der Waals surface area contributed by atoms with Crippen LogP contribution in [0.1, 0.15) is 24.9 Å². The highest BCUT2D eigenvalue weighted by Gasteiger charge is 2.07. The van der Waals surface area contributed by atoms with Gasteiger partial charge in [0.1, 0.15) is 12.4 Å². The molecule has 0 saturated heterocycles. The van der Waals surface area contributed by atoms with Crippen molar-refractivity contribution < 1.29 is 14.2 Å². The van der Waals surface area contributed by atoms with Gasteiger partial charge in [0.25, 0.3) is 0 Å². The molecular formula is C15H24ClNO3. The van der Waals surface area contributed by atoms with Gasteiger partial charge in [0.15, 0.2) is 0 Å². The maximum Gasteiger partial charge on any atom is 0.138 e. The van der Waals surface area contributed by atoms with Crippen molar-refractivity contribution in [2.24, 2.45) is 0 Å². The zero-order valence-electron chi connectivity index (χ0n) is 12.4. The normalized spacial score (nSPS) is 12.4. The van der Waals surface area contributed by atoms with Gasteiger partial charge in [-0.1, -0.05) is 17.7 Å². The van der Waals surface area contributed by atoms with Gasteiger partial charge >= 0.3 is 0 Å². The molecule has 0 saturated carbocycles. The standard InChI is InChI=1S/C15H24ClNO3/c1-12(17-2)13-5-6-15(14(16)11-13)20-10-9-19-8-4-7-18-3/h5-6,11-12,17H,4,7-10H2,1-3H3. The summed E-state index contributed by atoms with van der Waals surface area (Å²) in [6.45, 7) is 4.53. The molecule has 1 rings (SSSR count). The molecule has 114 valence electrons. The lowest BCUT2D eigenvalue weighted by Crippen LogP contribution is -2.12. The van der Waals surface area contributed by atoms with Crippen LogP contribution in [0.25, 0.3) is 0 Å². The molecule has 0 bridgehead atoms. The third kappa shape index (κ3) is 6.09. The van der Waals surface area contributed by atoms with E-state index in [1.807, 2.05) is 25.2 Å². The highest BCUT2D eigenvalue weighted by Crippen LogP contribution is 2.27. The molecule has 5 heteroatoms. The van der Waals surface area contributed by atoms with Crippen LogP contribution in [-0.4, -0.2) is 40.6 Å². The molecule has 1 atom stereocenters. The Morgan fingerprint density at radius 2 is 2.00 bits per heavy atom. The Bertz CT molecular complexity index is 387. The number of ether oxygens (including phenoxy) is 3. The molecule has 0 spiro atoms. The van der Waals surface area contributed by atoms with Crippen molar-refractivity contribution in [3.05, 3.63) is 28.8 Å². The quantitative estimate of drug-likeness (QED) is 0.674. The van der Waals surface area contributed by atoms with Crippen molar-refractivity contribution in [2.45, 2.75) is 19.4 Å². The zero-order chi connectivity index (χ0) is 14.8. The Morgan fingerprint density at radius 3 is 2.65 bits per heavy atom.